The van der Waals surface area contributed by atoms with Gasteiger partial charge in [-0.3, -0.25) is 9.59 Å². The highest BCUT2D eigenvalue weighted by atomic mass is 32.1. The maximum absolute atomic E-state index is 13.8. The molecule has 1 atom stereocenters. The van der Waals surface area contributed by atoms with Gasteiger partial charge in [-0.15, -0.1) is 11.3 Å². The van der Waals surface area contributed by atoms with Crippen molar-refractivity contribution in [2.45, 2.75) is 25.3 Å². The van der Waals surface area contributed by atoms with E-state index in [0.717, 1.165) is 11.3 Å². The van der Waals surface area contributed by atoms with Crippen LogP contribution in [0.2, 0.25) is 0 Å². The monoisotopic (exact) mass is 409 g/mol. The van der Waals surface area contributed by atoms with Crippen LogP contribution in [0.15, 0.2) is 60.8 Å². The average molecular weight is 409 g/mol. The van der Waals surface area contributed by atoms with Crippen molar-refractivity contribution < 1.29 is 14.0 Å². The van der Waals surface area contributed by atoms with Crippen LogP contribution in [0.1, 0.15) is 33.6 Å². The molecule has 1 N–H and O–H groups in total. The number of aromatic nitrogens is 1. The van der Waals surface area contributed by atoms with Gasteiger partial charge in [0.1, 0.15) is 11.9 Å². The van der Waals surface area contributed by atoms with Gasteiger partial charge in [0.05, 0.1) is 0 Å². The number of hydrogen-bond acceptors (Lipinski definition) is 4. The van der Waals surface area contributed by atoms with Crippen LogP contribution in [0.3, 0.4) is 0 Å². The van der Waals surface area contributed by atoms with Crippen LogP contribution in [0.5, 0.6) is 0 Å². The van der Waals surface area contributed by atoms with E-state index in [1.165, 1.54) is 17.4 Å². The molecule has 1 fully saturated rings. The van der Waals surface area contributed by atoms with Crippen LogP contribution in [0.25, 0.3) is 0 Å². The molecule has 2 amide bonds. The SMILES string of the molecule is O=C(Nc1ncc(Cc2ccccc2F)s1)C1CCCN1C(=O)c1ccccc1. The van der Waals surface area contributed by atoms with Crippen molar-refractivity contribution in [1.29, 1.82) is 0 Å². The fourth-order valence-corrected chi connectivity index (χ4v) is 4.33. The van der Waals surface area contributed by atoms with E-state index in [0.29, 0.717) is 35.6 Å². The van der Waals surface area contributed by atoms with Gasteiger partial charge in [-0.2, -0.15) is 0 Å². The number of likely N-dealkylation sites (tertiary alicyclic amines) is 1. The van der Waals surface area contributed by atoms with Crippen molar-refractivity contribution in [3.63, 3.8) is 0 Å². The zero-order valence-corrected chi connectivity index (χ0v) is 16.5. The third kappa shape index (κ3) is 4.35. The van der Waals surface area contributed by atoms with Crippen molar-refractivity contribution in [2.24, 2.45) is 0 Å². The molecular weight excluding hydrogens is 389 g/mol. The van der Waals surface area contributed by atoms with Gasteiger partial charge < -0.3 is 10.2 Å². The number of anilines is 1. The van der Waals surface area contributed by atoms with E-state index >= 15 is 0 Å². The Morgan fingerprint density at radius 2 is 1.90 bits per heavy atom. The highest BCUT2D eigenvalue weighted by Gasteiger charge is 2.34. The first-order valence-corrected chi connectivity index (χ1v) is 10.3. The minimum atomic E-state index is -0.512. The lowest BCUT2D eigenvalue weighted by Crippen LogP contribution is -2.43. The zero-order chi connectivity index (χ0) is 20.2. The summed E-state index contributed by atoms with van der Waals surface area (Å²) in [6, 6.07) is 15.1. The number of thiazole rings is 1. The summed E-state index contributed by atoms with van der Waals surface area (Å²) in [5, 5.41) is 3.28. The van der Waals surface area contributed by atoms with Crippen LogP contribution in [-0.4, -0.2) is 34.3 Å². The number of nitrogens with zero attached hydrogens (tertiary/aromatic N) is 2. The number of rotatable bonds is 5. The number of carbonyl (C=O) groups excluding carboxylic acids is 2. The van der Waals surface area contributed by atoms with Crippen LogP contribution in [-0.2, 0) is 11.2 Å². The second-order valence-corrected chi connectivity index (χ2v) is 8.03. The summed E-state index contributed by atoms with van der Waals surface area (Å²) in [4.78, 5) is 32.3. The maximum atomic E-state index is 13.8. The number of amides is 2. The Morgan fingerprint density at radius 3 is 2.69 bits per heavy atom. The first kappa shape index (κ1) is 19.3. The third-order valence-electron chi connectivity index (χ3n) is 4.94. The van der Waals surface area contributed by atoms with Crippen LogP contribution in [0.4, 0.5) is 9.52 Å². The molecule has 1 unspecified atom stereocenters. The summed E-state index contributed by atoms with van der Waals surface area (Å²) >= 11 is 1.32. The third-order valence-corrected chi connectivity index (χ3v) is 5.86. The molecule has 1 aromatic heterocycles. The van der Waals surface area contributed by atoms with Crippen LogP contribution >= 0.6 is 11.3 Å². The van der Waals surface area contributed by atoms with Gasteiger partial charge in [-0.05, 0) is 36.6 Å². The molecule has 2 heterocycles. The summed E-state index contributed by atoms with van der Waals surface area (Å²) in [5.41, 5.74) is 1.16. The van der Waals surface area contributed by atoms with Gasteiger partial charge in [-0.1, -0.05) is 36.4 Å². The molecule has 1 aliphatic heterocycles. The second-order valence-electron chi connectivity index (χ2n) is 6.91. The van der Waals surface area contributed by atoms with Gasteiger partial charge in [0, 0.05) is 29.6 Å². The molecular formula is C22H20FN3O2S. The molecule has 2 aromatic carbocycles. The Bertz CT molecular complexity index is 1020. The molecule has 0 aliphatic carbocycles. The number of nitrogens with one attached hydrogen (secondary N) is 1. The summed E-state index contributed by atoms with van der Waals surface area (Å²) in [7, 11) is 0. The molecule has 1 aliphatic rings. The van der Waals surface area contributed by atoms with E-state index in [-0.39, 0.29) is 17.6 Å². The van der Waals surface area contributed by atoms with Crippen molar-refractivity contribution in [1.82, 2.24) is 9.88 Å². The lowest BCUT2D eigenvalue weighted by atomic mass is 10.1. The normalized spacial score (nSPS) is 16.0. The van der Waals surface area contributed by atoms with E-state index in [1.807, 2.05) is 18.2 Å². The topological polar surface area (TPSA) is 62.3 Å². The van der Waals surface area contributed by atoms with Gasteiger partial charge in [-0.25, -0.2) is 9.37 Å². The van der Waals surface area contributed by atoms with E-state index in [2.05, 4.69) is 10.3 Å². The van der Waals surface area contributed by atoms with E-state index in [4.69, 9.17) is 0 Å². The maximum Gasteiger partial charge on any atom is 0.254 e. The van der Waals surface area contributed by atoms with Gasteiger partial charge in [0.15, 0.2) is 5.13 Å². The van der Waals surface area contributed by atoms with Crippen molar-refractivity contribution in [2.75, 3.05) is 11.9 Å². The predicted molar refractivity (Wildman–Crippen MR) is 110 cm³/mol. The summed E-state index contributed by atoms with van der Waals surface area (Å²) in [5.74, 6) is -0.631. The molecule has 1 saturated heterocycles. The fourth-order valence-electron chi connectivity index (χ4n) is 3.49. The van der Waals surface area contributed by atoms with E-state index in [9.17, 15) is 14.0 Å². The Hall–Kier alpha value is -3.06. The molecule has 4 rings (SSSR count). The highest BCUT2D eigenvalue weighted by molar-refractivity contribution is 7.15. The molecule has 0 saturated carbocycles. The lowest BCUT2D eigenvalue weighted by molar-refractivity contribution is -0.119. The minimum absolute atomic E-state index is 0.136. The first-order valence-electron chi connectivity index (χ1n) is 9.47. The number of hydrogen-bond donors (Lipinski definition) is 1. The minimum Gasteiger partial charge on any atom is -0.327 e. The number of halogens is 1. The van der Waals surface area contributed by atoms with Crippen molar-refractivity contribution in [3.8, 4) is 0 Å². The second kappa shape index (κ2) is 8.53. The van der Waals surface area contributed by atoms with Crippen molar-refractivity contribution >= 4 is 28.3 Å². The van der Waals surface area contributed by atoms with Gasteiger partial charge in [0.25, 0.3) is 5.91 Å². The van der Waals surface area contributed by atoms with Gasteiger partial charge >= 0.3 is 0 Å². The predicted octanol–water partition coefficient (Wildman–Crippen LogP) is 4.12. The average Bonchev–Trinajstić information content (AvgIpc) is 3.39. The molecule has 0 bridgehead atoms. The number of benzene rings is 2. The van der Waals surface area contributed by atoms with Crippen LogP contribution < -0.4 is 5.32 Å². The molecule has 148 valence electrons. The summed E-state index contributed by atoms with van der Waals surface area (Å²) in [6.45, 7) is 0.558. The largest absolute Gasteiger partial charge is 0.327 e. The lowest BCUT2D eigenvalue weighted by Gasteiger charge is -2.23. The Morgan fingerprint density at radius 1 is 1.14 bits per heavy atom. The van der Waals surface area contributed by atoms with Crippen LogP contribution in [0, 0.1) is 5.82 Å². The summed E-state index contributed by atoms with van der Waals surface area (Å²) in [6.07, 6.45) is 3.47. The molecule has 7 heteroatoms. The van der Waals surface area contributed by atoms with Crippen molar-refractivity contribution in [3.05, 3.63) is 82.6 Å². The molecule has 29 heavy (non-hydrogen) atoms. The standard InChI is InChI=1S/C22H20FN3O2S/c23-18-10-5-4-9-16(18)13-17-14-24-22(29-17)25-20(27)19-11-6-12-26(19)21(28)15-7-2-1-3-8-15/h1-5,7-10,14,19H,6,11-13H2,(H,24,25,27). The Labute approximate surface area is 172 Å². The number of carbonyl (C=O) groups is 2. The highest BCUT2D eigenvalue weighted by Crippen LogP contribution is 2.25. The molecule has 0 spiro atoms. The smallest absolute Gasteiger partial charge is 0.254 e. The molecule has 5 nitrogen and oxygen atoms in total. The quantitative estimate of drug-likeness (QED) is 0.690. The summed E-state index contributed by atoms with van der Waals surface area (Å²) < 4.78 is 13.8. The molecule has 3 aromatic rings. The molecule has 0 radical (unpaired) electrons. The Kier molecular flexibility index (Phi) is 5.67. The van der Waals surface area contributed by atoms with Gasteiger partial charge in [0.2, 0.25) is 5.91 Å². The zero-order valence-electron chi connectivity index (χ0n) is 15.7. The van der Waals surface area contributed by atoms with E-state index < -0.39 is 6.04 Å². The fraction of sp³-hybridized carbons (Fsp3) is 0.227. The first-order chi connectivity index (χ1) is 14.1. The Balaban J connectivity index is 1.42. The van der Waals surface area contributed by atoms with E-state index in [1.54, 1.807) is 41.4 Å².